The molecule has 4 nitrogen and oxygen atoms in total. The molecule has 0 aromatic carbocycles. The summed E-state index contributed by atoms with van der Waals surface area (Å²) in [6, 6.07) is 0. The second-order valence-corrected chi connectivity index (χ2v) is 5.09. The van der Waals surface area contributed by atoms with Crippen molar-refractivity contribution in [3.05, 3.63) is 0 Å². The summed E-state index contributed by atoms with van der Waals surface area (Å²) in [6.07, 6.45) is 3.88. The predicted molar refractivity (Wildman–Crippen MR) is 71.0 cm³/mol. The zero-order chi connectivity index (χ0) is 13.3. The van der Waals surface area contributed by atoms with Crippen molar-refractivity contribution in [2.45, 2.75) is 44.4 Å². The summed E-state index contributed by atoms with van der Waals surface area (Å²) >= 11 is 3.17. The summed E-state index contributed by atoms with van der Waals surface area (Å²) in [6.45, 7) is 4.39. The molecule has 0 saturated heterocycles. The Labute approximate surface area is 112 Å². The van der Waals surface area contributed by atoms with Gasteiger partial charge in [0.25, 0.3) is 0 Å². The maximum Gasteiger partial charge on any atom is 0.321 e. The number of ether oxygens (including phenoxy) is 1. The van der Waals surface area contributed by atoms with Gasteiger partial charge in [-0.15, -0.1) is 0 Å². The molecule has 17 heavy (non-hydrogen) atoms. The molecular weight excluding hydrogens is 286 g/mol. The highest BCUT2D eigenvalue weighted by Gasteiger charge is 2.19. The topological polar surface area (TPSA) is 55.4 Å². The van der Waals surface area contributed by atoms with Crippen LogP contribution in [0.1, 0.15) is 39.5 Å². The van der Waals surface area contributed by atoms with Crippen LogP contribution in [0.2, 0.25) is 0 Å². The Bertz CT molecular complexity index is 246. The minimum atomic E-state index is -0.472. The first-order valence-electron chi connectivity index (χ1n) is 6.06. The Balaban J connectivity index is 4.01. The zero-order valence-corrected chi connectivity index (χ0v) is 12.4. The van der Waals surface area contributed by atoms with Crippen LogP contribution in [0.25, 0.3) is 0 Å². The number of amides is 1. The van der Waals surface area contributed by atoms with Crippen LogP contribution in [0.15, 0.2) is 0 Å². The van der Waals surface area contributed by atoms with Gasteiger partial charge in [0, 0.05) is 12.5 Å². The van der Waals surface area contributed by atoms with Crippen molar-refractivity contribution in [1.82, 2.24) is 5.32 Å². The van der Waals surface area contributed by atoms with Gasteiger partial charge in [0.15, 0.2) is 0 Å². The SMILES string of the molecule is CCCCC(CC)C(=O)NCC(Br)C(=O)OC. The molecule has 0 spiro atoms. The quantitative estimate of drug-likeness (QED) is 0.553. The first-order valence-corrected chi connectivity index (χ1v) is 6.97. The van der Waals surface area contributed by atoms with Crippen molar-refractivity contribution < 1.29 is 14.3 Å². The predicted octanol–water partition coefficient (Wildman–Crippen LogP) is 2.26. The summed E-state index contributed by atoms with van der Waals surface area (Å²) in [5.41, 5.74) is 0. The van der Waals surface area contributed by atoms with E-state index in [-0.39, 0.29) is 24.3 Å². The fourth-order valence-electron chi connectivity index (χ4n) is 1.52. The van der Waals surface area contributed by atoms with Crippen LogP contribution in [-0.4, -0.2) is 30.4 Å². The number of rotatable bonds is 8. The first kappa shape index (κ1) is 16.4. The summed E-state index contributed by atoms with van der Waals surface area (Å²) < 4.78 is 4.56. The fraction of sp³-hybridized carbons (Fsp3) is 0.833. The number of halogens is 1. The van der Waals surface area contributed by atoms with Crippen LogP contribution in [0.3, 0.4) is 0 Å². The van der Waals surface area contributed by atoms with Crippen LogP contribution < -0.4 is 5.32 Å². The molecule has 5 heteroatoms. The number of carbonyl (C=O) groups excluding carboxylic acids is 2. The lowest BCUT2D eigenvalue weighted by molar-refractivity contribution is -0.139. The Morgan fingerprint density at radius 3 is 2.47 bits per heavy atom. The summed E-state index contributed by atoms with van der Waals surface area (Å²) in [5.74, 6) is -0.298. The lowest BCUT2D eigenvalue weighted by atomic mass is 9.98. The number of esters is 1. The third kappa shape index (κ3) is 6.66. The number of unbranched alkanes of at least 4 members (excludes halogenated alkanes) is 1. The molecule has 0 rings (SSSR count). The van der Waals surface area contributed by atoms with E-state index < -0.39 is 4.83 Å². The molecule has 0 aliphatic carbocycles. The molecule has 0 saturated carbocycles. The molecule has 0 radical (unpaired) electrons. The van der Waals surface area contributed by atoms with Crippen LogP contribution in [0.5, 0.6) is 0 Å². The number of carbonyl (C=O) groups is 2. The van der Waals surface area contributed by atoms with Gasteiger partial charge in [-0.2, -0.15) is 0 Å². The molecule has 100 valence electrons. The molecule has 0 heterocycles. The van der Waals surface area contributed by atoms with E-state index >= 15 is 0 Å². The Morgan fingerprint density at radius 1 is 1.35 bits per heavy atom. The molecule has 0 aromatic rings. The maximum absolute atomic E-state index is 11.8. The normalized spacial score (nSPS) is 13.9. The van der Waals surface area contributed by atoms with E-state index in [1.165, 1.54) is 7.11 Å². The largest absolute Gasteiger partial charge is 0.468 e. The van der Waals surface area contributed by atoms with E-state index in [1.807, 2.05) is 6.92 Å². The van der Waals surface area contributed by atoms with E-state index in [4.69, 9.17) is 0 Å². The minimum absolute atomic E-state index is 0.0225. The monoisotopic (exact) mass is 307 g/mol. The van der Waals surface area contributed by atoms with Gasteiger partial charge in [0.1, 0.15) is 4.83 Å². The Hall–Kier alpha value is -0.580. The van der Waals surface area contributed by atoms with Crippen molar-refractivity contribution in [3.63, 3.8) is 0 Å². The Morgan fingerprint density at radius 2 is 2.00 bits per heavy atom. The maximum atomic E-state index is 11.8. The third-order valence-electron chi connectivity index (χ3n) is 2.68. The summed E-state index contributed by atoms with van der Waals surface area (Å²) in [4.78, 5) is 22.5. The van der Waals surface area contributed by atoms with E-state index in [0.717, 1.165) is 25.7 Å². The van der Waals surface area contributed by atoms with Crippen LogP contribution in [0, 0.1) is 5.92 Å². The smallest absolute Gasteiger partial charge is 0.321 e. The lowest BCUT2D eigenvalue weighted by Gasteiger charge is -2.15. The number of methoxy groups -OCH3 is 1. The van der Waals surface area contributed by atoms with E-state index in [2.05, 4.69) is 32.9 Å². The van der Waals surface area contributed by atoms with E-state index in [1.54, 1.807) is 0 Å². The molecule has 0 bridgehead atoms. The van der Waals surface area contributed by atoms with Crippen molar-refractivity contribution in [2.75, 3.05) is 13.7 Å². The molecular formula is C12H22BrNO3. The summed E-state index contributed by atoms with van der Waals surface area (Å²) in [5, 5.41) is 2.77. The molecule has 0 aliphatic rings. The van der Waals surface area contributed by atoms with Crippen LogP contribution in [-0.2, 0) is 14.3 Å². The van der Waals surface area contributed by atoms with E-state index in [9.17, 15) is 9.59 Å². The highest BCUT2D eigenvalue weighted by molar-refractivity contribution is 9.10. The average Bonchev–Trinajstić information content (AvgIpc) is 2.35. The molecule has 1 N–H and O–H groups in total. The standard InChI is InChI=1S/C12H22BrNO3/c1-4-6-7-9(5-2)11(15)14-8-10(13)12(16)17-3/h9-10H,4-8H2,1-3H3,(H,14,15). The van der Waals surface area contributed by atoms with Gasteiger partial charge < -0.3 is 10.1 Å². The number of hydrogen-bond donors (Lipinski definition) is 1. The second kappa shape index (κ2) is 9.45. The fourth-order valence-corrected chi connectivity index (χ4v) is 1.87. The number of nitrogens with one attached hydrogen (secondary N) is 1. The van der Waals surface area contributed by atoms with Gasteiger partial charge in [-0.1, -0.05) is 42.6 Å². The van der Waals surface area contributed by atoms with Crippen molar-refractivity contribution in [2.24, 2.45) is 5.92 Å². The highest BCUT2D eigenvalue weighted by atomic mass is 79.9. The third-order valence-corrected chi connectivity index (χ3v) is 3.38. The van der Waals surface area contributed by atoms with Gasteiger partial charge in [-0.3, -0.25) is 9.59 Å². The molecule has 0 fully saturated rings. The molecule has 2 unspecified atom stereocenters. The molecule has 2 atom stereocenters. The Kier molecular flexibility index (Phi) is 9.13. The van der Waals surface area contributed by atoms with Gasteiger partial charge in [-0.25, -0.2) is 0 Å². The van der Waals surface area contributed by atoms with Crippen LogP contribution in [0.4, 0.5) is 0 Å². The second-order valence-electron chi connectivity index (χ2n) is 3.98. The van der Waals surface area contributed by atoms with Crippen molar-refractivity contribution >= 4 is 27.8 Å². The molecule has 0 aromatic heterocycles. The number of alkyl halides is 1. The minimum Gasteiger partial charge on any atom is -0.468 e. The van der Waals surface area contributed by atoms with Crippen molar-refractivity contribution in [1.29, 1.82) is 0 Å². The lowest BCUT2D eigenvalue weighted by Crippen LogP contribution is -2.37. The van der Waals surface area contributed by atoms with Gasteiger partial charge >= 0.3 is 5.97 Å². The highest BCUT2D eigenvalue weighted by Crippen LogP contribution is 2.12. The van der Waals surface area contributed by atoms with Gasteiger partial charge in [0.2, 0.25) is 5.91 Å². The van der Waals surface area contributed by atoms with Gasteiger partial charge in [0.05, 0.1) is 7.11 Å². The van der Waals surface area contributed by atoms with Gasteiger partial charge in [-0.05, 0) is 12.8 Å². The van der Waals surface area contributed by atoms with E-state index in [0.29, 0.717) is 0 Å². The summed E-state index contributed by atoms with van der Waals surface area (Å²) in [7, 11) is 1.33. The molecule has 1 amide bonds. The van der Waals surface area contributed by atoms with Crippen LogP contribution >= 0.6 is 15.9 Å². The van der Waals surface area contributed by atoms with Crippen molar-refractivity contribution in [3.8, 4) is 0 Å². The average molecular weight is 308 g/mol. The molecule has 0 aliphatic heterocycles. The number of hydrogen-bond acceptors (Lipinski definition) is 3. The zero-order valence-electron chi connectivity index (χ0n) is 10.8. The first-order chi connectivity index (χ1) is 8.06.